The zero-order chi connectivity index (χ0) is 20.4. The second kappa shape index (κ2) is 7.75. The van der Waals surface area contributed by atoms with E-state index in [-0.39, 0.29) is 17.2 Å². The maximum absolute atomic E-state index is 13.0. The second-order valence-corrected chi connectivity index (χ2v) is 6.40. The number of hydrogen-bond acceptors (Lipinski definition) is 6. The fourth-order valence-corrected chi connectivity index (χ4v) is 3.11. The summed E-state index contributed by atoms with van der Waals surface area (Å²) in [7, 11) is 3.05. The number of ether oxygens (including phenoxy) is 2. The number of amides is 1. The molecule has 8 nitrogen and oxygen atoms in total. The van der Waals surface area contributed by atoms with Gasteiger partial charge in [0.1, 0.15) is 35.0 Å². The molecule has 1 N–H and O–H groups in total. The Morgan fingerprint density at radius 1 is 1.29 bits per heavy atom. The minimum atomic E-state index is -0.741. The van der Waals surface area contributed by atoms with Gasteiger partial charge in [0, 0.05) is 11.6 Å². The van der Waals surface area contributed by atoms with E-state index in [4.69, 9.17) is 13.9 Å². The first-order chi connectivity index (χ1) is 13.4. The van der Waals surface area contributed by atoms with Crippen molar-refractivity contribution in [3.63, 3.8) is 0 Å². The maximum atomic E-state index is 13.0. The maximum Gasteiger partial charge on any atom is 0.265 e. The topological polar surface area (TPSA) is 95.6 Å². The van der Waals surface area contributed by atoms with Crippen molar-refractivity contribution in [3.8, 4) is 11.5 Å². The lowest BCUT2D eigenvalue weighted by molar-refractivity contribution is -0.119. The molecule has 0 fully saturated rings. The average molecular weight is 385 g/mol. The number of fused-ring (bicyclic) bond motifs is 1. The van der Waals surface area contributed by atoms with E-state index in [1.807, 2.05) is 6.92 Å². The SMILES string of the molecule is CC[C@@H](C(=O)Nc1cc(OC)ccc1OC)n1cnc2oc(C)c(C)c2c1=O. The lowest BCUT2D eigenvalue weighted by Gasteiger charge is -2.19. The van der Waals surface area contributed by atoms with E-state index >= 15 is 0 Å². The van der Waals surface area contributed by atoms with Crippen molar-refractivity contribution < 1.29 is 18.7 Å². The van der Waals surface area contributed by atoms with Crippen molar-refractivity contribution in [1.29, 1.82) is 0 Å². The number of aryl methyl sites for hydroxylation is 2. The lowest BCUT2D eigenvalue weighted by atomic mass is 10.1. The Balaban J connectivity index is 1.99. The van der Waals surface area contributed by atoms with Crippen LogP contribution in [0.5, 0.6) is 11.5 Å². The molecule has 0 aliphatic rings. The molecule has 0 radical (unpaired) electrons. The van der Waals surface area contributed by atoms with Gasteiger partial charge in [0.15, 0.2) is 0 Å². The van der Waals surface area contributed by atoms with Gasteiger partial charge < -0.3 is 19.2 Å². The van der Waals surface area contributed by atoms with Gasteiger partial charge in [-0.2, -0.15) is 0 Å². The number of methoxy groups -OCH3 is 2. The number of hydrogen-bond donors (Lipinski definition) is 1. The fourth-order valence-electron chi connectivity index (χ4n) is 3.11. The van der Waals surface area contributed by atoms with Crippen LogP contribution in [0.1, 0.15) is 30.7 Å². The molecule has 0 bridgehead atoms. The standard InChI is InChI=1S/C20H23N3O5/c1-6-15(18(24)22-14-9-13(26-4)7-8-16(14)27-5)23-10-21-19-17(20(23)25)11(2)12(3)28-19/h7-10,15H,6H2,1-5H3,(H,22,24)/t15-/m0/s1. The van der Waals surface area contributed by atoms with Gasteiger partial charge in [-0.15, -0.1) is 0 Å². The van der Waals surface area contributed by atoms with Crippen LogP contribution in [0.3, 0.4) is 0 Å². The summed E-state index contributed by atoms with van der Waals surface area (Å²) in [5.74, 6) is 1.35. The monoisotopic (exact) mass is 385 g/mol. The van der Waals surface area contributed by atoms with Gasteiger partial charge in [0.05, 0.1) is 19.9 Å². The van der Waals surface area contributed by atoms with Gasteiger partial charge in [-0.3, -0.25) is 14.2 Å². The fraction of sp³-hybridized carbons (Fsp3) is 0.350. The first-order valence-corrected chi connectivity index (χ1v) is 8.91. The number of nitrogens with zero attached hydrogens (tertiary/aromatic N) is 2. The predicted octanol–water partition coefficient (Wildman–Crippen LogP) is 3.21. The highest BCUT2D eigenvalue weighted by Crippen LogP contribution is 2.30. The number of carbonyl (C=O) groups is 1. The number of carbonyl (C=O) groups excluding carboxylic acids is 1. The van der Waals surface area contributed by atoms with Crippen LogP contribution in [0.15, 0.2) is 33.7 Å². The van der Waals surface area contributed by atoms with Gasteiger partial charge in [-0.05, 0) is 32.4 Å². The number of aromatic nitrogens is 2. The van der Waals surface area contributed by atoms with Crippen LogP contribution in [0, 0.1) is 13.8 Å². The molecule has 0 aliphatic carbocycles. The van der Waals surface area contributed by atoms with Gasteiger partial charge in [0.25, 0.3) is 5.56 Å². The summed E-state index contributed by atoms with van der Waals surface area (Å²) in [6.45, 7) is 5.41. The first-order valence-electron chi connectivity index (χ1n) is 8.91. The van der Waals surface area contributed by atoms with Gasteiger partial charge in [-0.1, -0.05) is 6.92 Å². The quantitative estimate of drug-likeness (QED) is 0.700. The third kappa shape index (κ3) is 3.33. The number of benzene rings is 1. The van der Waals surface area contributed by atoms with E-state index in [2.05, 4.69) is 10.3 Å². The molecule has 0 spiro atoms. The van der Waals surface area contributed by atoms with Crippen molar-refractivity contribution in [2.24, 2.45) is 0 Å². The molecule has 3 rings (SSSR count). The van der Waals surface area contributed by atoms with Crippen LogP contribution in [0.2, 0.25) is 0 Å². The molecule has 2 aromatic heterocycles. The second-order valence-electron chi connectivity index (χ2n) is 6.40. The lowest BCUT2D eigenvalue weighted by Crippen LogP contribution is -2.33. The molecular weight excluding hydrogens is 362 g/mol. The number of furan rings is 1. The molecule has 2 heterocycles. The minimum absolute atomic E-state index is 0.279. The minimum Gasteiger partial charge on any atom is -0.497 e. The zero-order valence-electron chi connectivity index (χ0n) is 16.5. The number of rotatable bonds is 6. The van der Waals surface area contributed by atoms with Crippen LogP contribution >= 0.6 is 0 Å². The molecule has 148 valence electrons. The van der Waals surface area contributed by atoms with Crippen LogP contribution in [-0.2, 0) is 4.79 Å². The molecule has 0 saturated heterocycles. The molecule has 1 amide bonds. The smallest absolute Gasteiger partial charge is 0.265 e. The molecule has 0 unspecified atom stereocenters. The zero-order valence-corrected chi connectivity index (χ0v) is 16.5. The Hall–Kier alpha value is -3.29. The Morgan fingerprint density at radius 2 is 2.04 bits per heavy atom. The summed E-state index contributed by atoms with van der Waals surface area (Å²) in [5, 5.41) is 3.22. The Morgan fingerprint density at radius 3 is 2.68 bits per heavy atom. The van der Waals surface area contributed by atoms with Crippen molar-refractivity contribution >= 4 is 22.7 Å². The molecule has 1 atom stereocenters. The van der Waals surface area contributed by atoms with Crippen LogP contribution in [0.4, 0.5) is 5.69 Å². The van der Waals surface area contributed by atoms with Crippen molar-refractivity contribution in [2.45, 2.75) is 33.2 Å². The Bertz CT molecular complexity index is 1080. The number of anilines is 1. The highest BCUT2D eigenvalue weighted by molar-refractivity contribution is 5.95. The van der Waals surface area contributed by atoms with Crippen molar-refractivity contribution in [2.75, 3.05) is 19.5 Å². The highest BCUT2D eigenvalue weighted by Gasteiger charge is 2.24. The van der Waals surface area contributed by atoms with E-state index in [1.54, 1.807) is 32.0 Å². The third-order valence-electron chi connectivity index (χ3n) is 4.80. The van der Waals surface area contributed by atoms with Crippen molar-refractivity contribution in [3.05, 3.63) is 46.2 Å². The summed E-state index contributed by atoms with van der Waals surface area (Å²) in [4.78, 5) is 30.2. The summed E-state index contributed by atoms with van der Waals surface area (Å²) in [5.41, 5.74) is 1.16. The van der Waals surface area contributed by atoms with Crippen LogP contribution in [0.25, 0.3) is 11.1 Å². The molecule has 0 aliphatic heterocycles. The van der Waals surface area contributed by atoms with Crippen LogP contribution < -0.4 is 20.3 Å². The van der Waals surface area contributed by atoms with E-state index in [0.29, 0.717) is 34.8 Å². The summed E-state index contributed by atoms with van der Waals surface area (Å²) in [6.07, 6.45) is 1.75. The van der Waals surface area contributed by atoms with Gasteiger partial charge in [-0.25, -0.2) is 4.98 Å². The van der Waals surface area contributed by atoms with E-state index in [9.17, 15) is 9.59 Å². The molecule has 1 aromatic carbocycles. The predicted molar refractivity (Wildman–Crippen MR) is 105 cm³/mol. The Kier molecular flexibility index (Phi) is 5.39. The Labute approximate surface area is 162 Å². The van der Waals surface area contributed by atoms with E-state index < -0.39 is 6.04 Å². The number of nitrogens with one attached hydrogen (secondary N) is 1. The largest absolute Gasteiger partial charge is 0.497 e. The third-order valence-corrected chi connectivity index (χ3v) is 4.80. The van der Waals surface area contributed by atoms with Crippen molar-refractivity contribution in [1.82, 2.24) is 9.55 Å². The van der Waals surface area contributed by atoms with E-state index in [1.165, 1.54) is 25.1 Å². The molecular formula is C20H23N3O5. The highest BCUT2D eigenvalue weighted by atomic mass is 16.5. The molecule has 3 aromatic rings. The normalized spacial score (nSPS) is 12.0. The summed E-state index contributed by atoms with van der Waals surface area (Å²) >= 11 is 0. The molecule has 8 heteroatoms. The average Bonchev–Trinajstić information content (AvgIpc) is 2.98. The van der Waals surface area contributed by atoms with Crippen LogP contribution in [-0.4, -0.2) is 29.7 Å². The molecule has 28 heavy (non-hydrogen) atoms. The molecule has 0 saturated carbocycles. The van der Waals surface area contributed by atoms with Gasteiger partial charge in [0.2, 0.25) is 11.6 Å². The summed E-state index contributed by atoms with van der Waals surface area (Å²) in [6, 6.07) is 4.36. The summed E-state index contributed by atoms with van der Waals surface area (Å²) < 4.78 is 17.4. The first kappa shape index (κ1) is 19.5. The van der Waals surface area contributed by atoms with E-state index in [0.717, 1.165) is 5.56 Å². The van der Waals surface area contributed by atoms with Gasteiger partial charge >= 0.3 is 0 Å².